The maximum absolute atomic E-state index is 12.1. The van der Waals surface area contributed by atoms with Crippen LogP contribution < -0.4 is 0 Å². The van der Waals surface area contributed by atoms with Gasteiger partial charge in [-0.25, -0.2) is 0 Å². The Balaban J connectivity index is 1.89. The van der Waals surface area contributed by atoms with Crippen molar-refractivity contribution in [3.05, 3.63) is 11.6 Å². The van der Waals surface area contributed by atoms with Crippen molar-refractivity contribution in [3.63, 3.8) is 0 Å². The highest BCUT2D eigenvalue weighted by atomic mass is 16.6. The molecule has 0 aromatic heterocycles. The molecule has 2 saturated heterocycles. The van der Waals surface area contributed by atoms with Gasteiger partial charge >= 0.3 is 5.97 Å². The van der Waals surface area contributed by atoms with Gasteiger partial charge in [-0.1, -0.05) is 11.6 Å². The van der Waals surface area contributed by atoms with Gasteiger partial charge in [-0.3, -0.25) is 4.79 Å². The van der Waals surface area contributed by atoms with Crippen LogP contribution in [0.5, 0.6) is 0 Å². The molecule has 0 spiro atoms. The molecule has 0 unspecified atom stereocenters. The molecule has 1 N–H and O–H groups in total. The fraction of sp³-hybridized carbons (Fsp3) is 0.812. The largest absolute Gasteiger partial charge is 0.461 e. The summed E-state index contributed by atoms with van der Waals surface area (Å²) in [5, 5.41) is 10.7. The molecule has 118 valence electrons. The molecule has 5 heteroatoms. The molecule has 21 heavy (non-hydrogen) atoms. The molecule has 2 aliphatic heterocycles. The second-order valence-corrected chi connectivity index (χ2v) is 6.75. The molecule has 0 amide bonds. The van der Waals surface area contributed by atoms with Crippen molar-refractivity contribution in [2.24, 2.45) is 11.8 Å². The average Bonchev–Trinajstić information content (AvgIpc) is 2.99. The number of allylic oxidation sites excluding steroid dienone is 1. The third-order valence-electron chi connectivity index (χ3n) is 5.11. The maximum Gasteiger partial charge on any atom is 0.312 e. The number of esters is 1. The van der Waals surface area contributed by atoms with E-state index >= 15 is 0 Å². The Hall–Kier alpha value is -0.910. The fourth-order valence-electron chi connectivity index (χ4n) is 3.82. The van der Waals surface area contributed by atoms with E-state index in [1.807, 2.05) is 6.92 Å². The van der Waals surface area contributed by atoms with Crippen LogP contribution in [0.15, 0.2) is 11.6 Å². The minimum Gasteiger partial charge on any atom is -0.461 e. The number of aliphatic hydroxyl groups is 1. The summed E-state index contributed by atoms with van der Waals surface area (Å²) in [6.07, 6.45) is 3.53. The van der Waals surface area contributed by atoms with Gasteiger partial charge in [0.1, 0.15) is 12.2 Å². The van der Waals surface area contributed by atoms with E-state index in [1.54, 1.807) is 7.11 Å². The van der Waals surface area contributed by atoms with E-state index in [4.69, 9.17) is 14.2 Å². The zero-order valence-corrected chi connectivity index (χ0v) is 12.9. The normalized spacial score (nSPS) is 48.7. The first-order valence-corrected chi connectivity index (χ1v) is 7.67. The summed E-state index contributed by atoms with van der Waals surface area (Å²) in [6, 6.07) is 0. The Labute approximate surface area is 125 Å². The fourth-order valence-corrected chi connectivity index (χ4v) is 3.82. The highest BCUT2D eigenvalue weighted by Gasteiger charge is 2.61. The molecule has 6 atom stereocenters. The summed E-state index contributed by atoms with van der Waals surface area (Å²) in [4.78, 5) is 12.1. The molecule has 5 nitrogen and oxygen atoms in total. The number of hydrogen-bond donors (Lipinski definition) is 1. The van der Waals surface area contributed by atoms with Crippen molar-refractivity contribution in [2.75, 3.05) is 13.7 Å². The highest BCUT2D eigenvalue weighted by molar-refractivity contribution is 5.75. The third kappa shape index (κ3) is 2.62. The predicted molar refractivity (Wildman–Crippen MR) is 75.6 cm³/mol. The van der Waals surface area contributed by atoms with Crippen LogP contribution in [0.1, 0.15) is 33.1 Å². The number of fused-ring (bicyclic) bond motifs is 2. The van der Waals surface area contributed by atoms with Crippen LogP contribution >= 0.6 is 0 Å². The molecule has 3 aliphatic rings. The van der Waals surface area contributed by atoms with E-state index in [9.17, 15) is 9.90 Å². The smallest absolute Gasteiger partial charge is 0.312 e. The first-order chi connectivity index (χ1) is 9.96. The third-order valence-corrected chi connectivity index (χ3v) is 5.11. The molecular formula is C16H24O5. The van der Waals surface area contributed by atoms with E-state index < -0.39 is 12.0 Å². The van der Waals surface area contributed by atoms with Crippen molar-refractivity contribution < 1.29 is 24.1 Å². The van der Waals surface area contributed by atoms with E-state index in [0.29, 0.717) is 6.42 Å². The standard InChI is InChI=1S/C16H24O5/c1-9-5-4-6-16(2)14(21-16)13(17)12-10(8-19-3)15(18)20-11(12)7-9/h5,10-14,17H,4,6-8H2,1-3H3/b9-5+/t10-,11+,12-,13+,14-,16-/m1/s1. The summed E-state index contributed by atoms with van der Waals surface area (Å²) in [7, 11) is 1.57. The molecule has 0 aromatic carbocycles. The molecule has 1 aliphatic carbocycles. The Kier molecular flexibility index (Phi) is 3.84. The van der Waals surface area contributed by atoms with Gasteiger partial charge in [-0.15, -0.1) is 0 Å². The summed E-state index contributed by atoms with van der Waals surface area (Å²) in [6.45, 7) is 4.36. The second kappa shape index (κ2) is 5.38. The lowest BCUT2D eigenvalue weighted by Gasteiger charge is -2.26. The van der Waals surface area contributed by atoms with E-state index in [1.165, 1.54) is 5.57 Å². The summed E-state index contributed by atoms with van der Waals surface area (Å²) in [5.74, 6) is -0.929. The maximum atomic E-state index is 12.1. The van der Waals surface area contributed by atoms with Crippen LogP contribution in [0.2, 0.25) is 0 Å². The van der Waals surface area contributed by atoms with Gasteiger partial charge in [0, 0.05) is 19.4 Å². The van der Waals surface area contributed by atoms with E-state index in [0.717, 1.165) is 12.8 Å². The molecular weight excluding hydrogens is 272 g/mol. The Morgan fingerprint density at radius 3 is 3.00 bits per heavy atom. The molecule has 2 heterocycles. The molecule has 0 aromatic rings. The van der Waals surface area contributed by atoms with Crippen molar-refractivity contribution in [1.82, 2.24) is 0 Å². The number of epoxide rings is 1. The number of carbonyl (C=O) groups is 1. The van der Waals surface area contributed by atoms with Crippen LogP contribution in [0, 0.1) is 11.8 Å². The van der Waals surface area contributed by atoms with Crippen LogP contribution in [-0.2, 0) is 19.0 Å². The van der Waals surface area contributed by atoms with Gasteiger partial charge in [0.15, 0.2) is 0 Å². The van der Waals surface area contributed by atoms with Gasteiger partial charge in [-0.2, -0.15) is 0 Å². The van der Waals surface area contributed by atoms with E-state index in [-0.39, 0.29) is 36.3 Å². The predicted octanol–water partition coefficient (Wildman–Crippen LogP) is 1.44. The summed E-state index contributed by atoms with van der Waals surface area (Å²) in [5.41, 5.74) is 0.923. The Bertz CT molecular complexity index is 460. The number of methoxy groups -OCH3 is 1. The second-order valence-electron chi connectivity index (χ2n) is 6.75. The quantitative estimate of drug-likeness (QED) is 0.474. The van der Waals surface area contributed by atoms with Crippen LogP contribution in [0.4, 0.5) is 0 Å². The zero-order valence-electron chi connectivity index (χ0n) is 12.9. The van der Waals surface area contributed by atoms with Gasteiger partial charge in [-0.05, 0) is 26.7 Å². The molecule has 0 saturated carbocycles. The van der Waals surface area contributed by atoms with Crippen molar-refractivity contribution >= 4 is 5.97 Å². The molecule has 3 rings (SSSR count). The molecule has 0 bridgehead atoms. The van der Waals surface area contributed by atoms with Crippen molar-refractivity contribution in [2.45, 2.75) is 57.0 Å². The zero-order chi connectivity index (χ0) is 15.2. The Morgan fingerprint density at radius 1 is 1.52 bits per heavy atom. The Morgan fingerprint density at radius 2 is 2.29 bits per heavy atom. The van der Waals surface area contributed by atoms with Gasteiger partial charge in [0.25, 0.3) is 0 Å². The lowest BCUT2D eigenvalue weighted by atomic mass is 9.79. The average molecular weight is 296 g/mol. The highest BCUT2D eigenvalue weighted by Crippen LogP contribution is 2.48. The molecule has 0 radical (unpaired) electrons. The van der Waals surface area contributed by atoms with Crippen LogP contribution in [0.25, 0.3) is 0 Å². The van der Waals surface area contributed by atoms with Gasteiger partial charge < -0.3 is 19.3 Å². The molecule has 2 fully saturated rings. The SMILES string of the molecule is COC[C@H]1C(=O)O[C@H]2C/C(C)=C/CC[C@@]3(C)O[C@@H]3[C@@H](O)[C@@H]21. The van der Waals surface area contributed by atoms with Crippen LogP contribution in [-0.4, -0.2) is 48.7 Å². The summed E-state index contributed by atoms with van der Waals surface area (Å²) >= 11 is 0. The number of ether oxygens (including phenoxy) is 3. The minimum atomic E-state index is -0.683. The van der Waals surface area contributed by atoms with Gasteiger partial charge in [0.05, 0.1) is 24.2 Å². The van der Waals surface area contributed by atoms with E-state index in [2.05, 4.69) is 13.0 Å². The number of carbonyl (C=O) groups excluding carboxylic acids is 1. The van der Waals surface area contributed by atoms with Crippen molar-refractivity contribution in [3.8, 4) is 0 Å². The lowest BCUT2D eigenvalue weighted by Crippen LogP contribution is -2.40. The monoisotopic (exact) mass is 296 g/mol. The van der Waals surface area contributed by atoms with Gasteiger partial charge in [0.2, 0.25) is 0 Å². The summed E-state index contributed by atoms with van der Waals surface area (Å²) < 4.78 is 16.4. The van der Waals surface area contributed by atoms with Crippen molar-refractivity contribution in [1.29, 1.82) is 0 Å². The number of aliphatic hydroxyl groups excluding tert-OH is 1. The first kappa shape index (κ1) is 15.0. The first-order valence-electron chi connectivity index (χ1n) is 7.67. The number of hydrogen-bond acceptors (Lipinski definition) is 5. The lowest BCUT2D eigenvalue weighted by molar-refractivity contribution is -0.145. The topological polar surface area (TPSA) is 68.3 Å². The van der Waals surface area contributed by atoms with Crippen LogP contribution in [0.3, 0.4) is 0 Å². The number of rotatable bonds is 2. The minimum absolute atomic E-state index is 0.203.